The highest BCUT2D eigenvalue weighted by molar-refractivity contribution is 7.18. The quantitative estimate of drug-likeness (QED) is 0.592. The van der Waals surface area contributed by atoms with Gasteiger partial charge in [0.2, 0.25) is 0 Å². The summed E-state index contributed by atoms with van der Waals surface area (Å²) in [6.07, 6.45) is 1.62. The van der Waals surface area contributed by atoms with Crippen molar-refractivity contribution in [1.82, 2.24) is 20.1 Å². The fourth-order valence-electron chi connectivity index (χ4n) is 2.99. The lowest BCUT2D eigenvalue weighted by Crippen LogP contribution is -2.23. The van der Waals surface area contributed by atoms with Crippen molar-refractivity contribution in [3.8, 4) is 11.1 Å². The smallest absolute Gasteiger partial charge is 0.256 e. The van der Waals surface area contributed by atoms with E-state index in [4.69, 9.17) is 0 Å². The second kappa shape index (κ2) is 5.63. The van der Waals surface area contributed by atoms with Gasteiger partial charge in [-0.05, 0) is 24.6 Å². The number of aromatic nitrogens is 3. The van der Waals surface area contributed by atoms with Gasteiger partial charge in [0.25, 0.3) is 5.91 Å². The maximum Gasteiger partial charge on any atom is 0.256 e. The molecule has 5 nitrogen and oxygen atoms in total. The van der Waals surface area contributed by atoms with Gasteiger partial charge in [0.1, 0.15) is 5.82 Å². The van der Waals surface area contributed by atoms with Crippen LogP contribution in [0.2, 0.25) is 0 Å². The molecule has 2 aromatic carbocycles. The van der Waals surface area contributed by atoms with Crippen LogP contribution in [0.15, 0.2) is 30.5 Å². The van der Waals surface area contributed by atoms with Crippen molar-refractivity contribution in [2.45, 2.75) is 6.92 Å². The molecule has 2 heterocycles. The lowest BCUT2D eigenvalue weighted by Gasteiger charge is -2.16. The highest BCUT2D eigenvalue weighted by atomic mass is 32.1. The minimum atomic E-state index is -0.564. The molecular weight excluding hydrogens is 339 g/mol. The Bertz CT molecular complexity index is 1130. The summed E-state index contributed by atoms with van der Waals surface area (Å²) in [4.78, 5) is 18.5. The van der Waals surface area contributed by atoms with Gasteiger partial charge < -0.3 is 4.90 Å². The molecule has 0 atom stereocenters. The van der Waals surface area contributed by atoms with E-state index in [-0.39, 0.29) is 11.5 Å². The second-order valence-corrected chi connectivity index (χ2v) is 7.29. The Morgan fingerprint density at radius 2 is 2.08 bits per heavy atom. The first-order valence-electron chi connectivity index (χ1n) is 7.70. The SMILES string of the molecule is Cc1nc2ccc(-c3c(C(=O)N(C)C)c(F)cc4[nH]ncc34)cc2s1. The van der Waals surface area contributed by atoms with E-state index in [1.165, 1.54) is 11.0 Å². The minimum Gasteiger partial charge on any atom is -0.345 e. The summed E-state index contributed by atoms with van der Waals surface area (Å²) in [6, 6.07) is 7.04. The largest absolute Gasteiger partial charge is 0.345 e. The van der Waals surface area contributed by atoms with E-state index in [0.29, 0.717) is 16.5 Å². The molecule has 126 valence electrons. The van der Waals surface area contributed by atoms with Crippen LogP contribution >= 0.6 is 11.3 Å². The van der Waals surface area contributed by atoms with Gasteiger partial charge in [0.15, 0.2) is 0 Å². The summed E-state index contributed by atoms with van der Waals surface area (Å²) in [6.45, 7) is 1.95. The number of thiazole rings is 1. The normalized spacial score (nSPS) is 11.4. The van der Waals surface area contributed by atoms with Crippen LogP contribution in [-0.4, -0.2) is 40.1 Å². The average molecular weight is 354 g/mol. The van der Waals surface area contributed by atoms with Crippen molar-refractivity contribution in [3.63, 3.8) is 0 Å². The highest BCUT2D eigenvalue weighted by Gasteiger charge is 2.23. The Kier molecular flexibility index (Phi) is 3.54. The third-order valence-electron chi connectivity index (χ3n) is 4.10. The number of nitrogens with one attached hydrogen (secondary N) is 1. The van der Waals surface area contributed by atoms with Crippen LogP contribution in [0.5, 0.6) is 0 Å². The molecule has 0 aliphatic carbocycles. The van der Waals surface area contributed by atoms with Crippen molar-refractivity contribution in [2.75, 3.05) is 14.1 Å². The summed E-state index contributed by atoms with van der Waals surface area (Å²) in [7, 11) is 3.22. The van der Waals surface area contributed by atoms with Crippen LogP contribution in [0.1, 0.15) is 15.4 Å². The molecule has 1 amide bonds. The molecule has 4 aromatic rings. The molecule has 2 aromatic heterocycles. The number of rotatable bonds is 2. The molecule has 25 heavy (non-hydrogen) atoms. The Balaban J connectivity index is 2.08. The summed E-state index contributed by atoms with van der Waals surface area (Å²) >= 11 is 1.57. The number of carbonyl (C=O) groups excluding carboxylic acids is 1. The molecule has 4 rings (SSSR count). The molecule has 0 radical (unpaired) electrons. The third-order valence-corrected chi connectivity index (χ3v) is 5.04. The molecule has 0 unspecified atom stereocenters. The Morgan fingerprint density at radius 1 is 1.28 bits per heavy atom. The zero-order valence-corrected chi connectivity index (χ0v) is 14.7. The van der Waals surface area contributed by atoms with Gasteiger partial charge >= 0.3 is 0 Å². The summed E-state index contributed by atoms with van der Waals surface area (Å²) < 4.78 is 15.8. The van der Waals surface area contributed by atoms with Gasteiger partial charge in [-0.3, -0.25) is 9.89 Å². The van der Waals surface area contributed by atoms with Crippen LogP contribution < -0.4 is 0 Å². The lowest BCUT2D eigenvalue weighted by atomic mass is 9.94. The van der Waals surface area contributed by atoms with Crippen molar-refractivity contribution >= 4 is 38.4 Å². The number of hydrogen-bond donors (Lipinski definition) is 1. The Labute approximate surface area is 147 Å². The number of benzene rings is 2. The van der Waals surface area contributed by atoms with Gasteiger partial charge in [0, 0.05) is 31.1 Å². The van der Waals surface area contributed by atoms with E-state index in [2.05, 4.69) is 15.2 Å². The average Bonchev–Trinajstić information content (AvgIpc) is 3.16. The molecule has 0 aliphatic rings. The number of halogens is 1. The number of fused-ring (bicyclic) bond motifs is 2. The zero-order chi connectivity index (χ0) is 17.7. The number of nitrogens with zero attached hydrogens (tertiary/aromatic N) is 3. The van der Waals surface area contributed by atoms with E-state index < -0.39 is 5.82 Å². The predicted molar refractivity (Wildman–Crippen MR) is 97.4 cm³/mol. The summed E-state index contributed by atoms with van der Waals surface area (Å²) in [5.74, 6) is -0.942. The van der Waals surface area contributed by atoms with Gasteiger partial charge in [-0.25, -0.2) is 9.37 Å². The number of hydrogen-bond acceptors (Lipinski definition) is 4. The van der Waals surface area contributed by atoms with E-state index >= 15 is 0 Å². The number of amides is 1. The molecule has 0 aliphatic heterocycles. The third kappa shape index (κ3) is 2.47. The van der Waals surface area contributed by atoms with E-state index in [1.807, 2.05) is 25.1 Å². The monoisotopic (exact) mass is 354 g/mol. The first-order valence-corrected chi connectivity index (χ1v) is 8.52. The van der Waals surface area contributed by atoms with Crippen molar-refractivity contribution in [3.05, 3.63) is 46.9 Å². The maximum absolute atomic E-state index is 14.8. The van der Waals surface area contributed by atoms with Crippen LogP contribution in [0.25, 0.3) is 32.2 Å². The lowest BCUT2D eigenvalue weighted by molar-refractivity contribution is 0.0824. The predicted octanol–water partition coefficient (Wildman–Crippen LogP) is 3.99. The first-order chi connectivity index (χ1) is 12.0. The van der Waals surface area contributed by atoms with E-state index in [1.54, 1.807) is 31.6 Å². The van der Waals surface area contributed by atoms with Crippen molar-refractivity contribution in [1.29, 1.82) is 0 Å². The Hall–Kier alpha value is -2.80. The number of aryl methyl sites for hydroxylation is 1. The minimum absolute atomic E-state index is 0.0551. The molecule has 0 fully saturated rings. The van der Waals surface area contributed by atoms with Crippen LogP contribution in [0.4, 0.5) is 4.39 Å². The highest BCUT2D eigenvalue weighted by Crippen LogP contribution is 2.36. The molecule has 0 saturated carbocycles. The molecule has 1 N–H and O–H groups in total. The molecular formula is C18H15FN4OS. The second-order valence-electron chi connectivity index (χ2n) is 6.05. The Morgan fingerprint density at radius 3 is 2.84 bits per heavy atom. The molecule has 0 saturated heterocycles. The molecule has 0 bridgehead atoms. The van der Waals surface area contributed by atoms with Crippen LogP contribution in [-0.2, 0) is 0 Å². The topological polar surface area (TPSA) is 61.9 Å². The van der Waals surface area contributed by atoms with Crippen LogP contribution in [0, 0.1) is 12.7 Å². The zero-order valence-electron chi connectivity index (χ0n) is 13.9. The van der Waals surface area contributed by atoms with Gasteiger partial charge in [-0.15, -0.1) is 11.3 Å². The standard InChI is InChI=1S/C18H15FN4OS/c1-9-21-13-5-4-10(6-15(13)25-9)16-11-8-20-22-14(11)7-12(19)17(16)18(24)23(2)3/h4-8H,1-3H3,(H,20,22). The van der Waals surface area contributed by atoms with Gasteiger partial charge in [-0.1, -0.05) is 6.07 Å². The summed E-state index contributed by atoms with van der Waals surface area (Å²) in [5, 5.41) is 8.47. The van der Waals surface area contributed by atoms with Gasteiger partial charge in [-0.2, -0.15) is 5.10 Å². The molecule has 7 heteroatoms. The van der Waals surface area contributed by atoms with E-state index in [9.17, 15) is 9.18 Å². The van der Waals surface area contributed by atoms with Crippen molar-refractivity contribution in [2.24, 2.45) is 0 Å². The maximum atomic E-state index is 14.8. The van der Waals surface area contributed by atoms with Crippen molar-refractivity contribution < 1.29 is 9.18 Å². The number of carbonyl (C=O) groups is 1. The fourth-order valence-corrected chi connectivity index (χ4v) is 3.85. The summed E-state index contributed by atoms with van der Waals surface area (Å²) in [5.41, 5.74) is 2.83. The van der Waals surface area contributed by atoms with Gasteiger partial charge in [0.05, 0.1) is 32.5 Å². The number of aromatic amines is 1. The molecule has 0 spiro atoms. The van der Waals surface area contributed by atoms with Crippen LogP contribution in [0.3, 0.4) is 0 Å². The van der Waals surface area contributed by atoms with E-state index in [0.717, 1.165) is 20.8 Å². The fraction of sp³-hybridized carbons (Fsp3) is 0.167. The number of H-pyrrole nitrogens is 1. The first kappa shape index (κ1) is 15.7.